The Hall–Kier alpha value is -1.71. The maximum atomic E-state index is 12.0. The zero-order chi connectivity index (χ0) is 13.8. The number of rotatable bonds is 3. The van der Waals surface area contributed by atoms with Crippen LogP contribution in [-0.2, 0) is 4.79 Å². The molecule has 98 valence electrons. The van der Waals surface area contributed by atoms with Crippen molar-refractivity contribution < 1.29 is 9.90 Å². The Morgan fingerprint density at radius 2 is 1.84 bits per heavy atom. The summed E-state index contributed by atoms with van der Waals surface area (Å²) in [6.07, 6.45) is 0. The van der Waals surface area contributed by atoms with Crippen molar-refractivity contribution in [3.63, 3.8) is 0 Å². The zero-order valence-corrected chi connectivity index (χ0v) is 11.3. The predicted octanol–water partition coefficient (Wildman–Crippen LogP) is 3.96. The number of aromatic hydroxyl groups is 1. The van der Waals surface area contributed by atoms with E-state index in [1.807, 2.05) is 6.07 Å². The van der Waals surface area contributed by atoms with Gasteiger partial charge in [0.2, 0.25) is 5.91 Å². The molecule has 0 fully saturated rings. The first kappa shape index (κ1) is 13.7. The van der Waals surface area contributed by atoms with Crippen molar-refractivity contribution in [2.75, 3.05) is 5.32 Å². The van der Waals surface area contributed by atoms with E-state index in [9.17, 15) is 9.90 Å². The second kappa shape index (κ2) is 5.95. The Morgan fingerprint density at radius 3 is 2.47 bits per heavy atom. The van der Waals surface area contributed by atoms with Gasteiger partial charge in [0.05, 0.1) is 5.69 Å². The lowest BCUT2D eigenvalue weighted by atomic mass is 10.1. The standard InChI is InChI=1S/C14H11Cl2NO2/c15-10-6-7-11(12(18)8-10)17-14(19)13(16)9-4-2-1-3-5-9/h1-8,13,18H,(H,17,19). The molecule has 2 aromatic rings. The number of hydrogen-bond donors (Lipinski definition) is 2. The molecule has 0 aliphatic rings. The van der Waals surface area contributed by atoms with Gasteiger partial charge in [-0.2, -0.15) is 0 Å². The smallest absolute Gasteiger partial charge is 0.247 e. The zero-order valence-electron chi connectivity index (χ0n) is 9.81. The molecule has 0 heterocycles. The molecule has 0 aromatic heterocycles. The predicted molar refractivity (Wildman–Crippen MR) is 76.8 cm³/mol. The molecule has 0 aliphatic heterocycles. The number of nitrogens with one attached hydrogen (secondary N) is 1. The number of halogens is 2. The lowest BCUT2D eigenvalue weighted by Gasteiger charge is -2.12. The monoisotopic (exact) mass is 295 g/mol. The van der Waals surface area contributed by atoms with Gasteiger partial charge in [-0.3, -0.25) is 4.79 Å². The lowest BCUT2D eigenvalue weighted by molar-refractivity contribution is -0.116. The molecule has 1 unspecified atom stereocenters. The Bertz CT molecular complexity index is 587. The molecular formula is C14H11Cl2NO2. The minimum atomic E-state index is -0.823. The van der Waals surface area contributed by atoms with E-state index in [4.69, 9.17) is 23.2 Å². The van der Waals surface area contributed by atoms with Gasteiger partial charge in [-0.25, -0.2) is 0 Å². The Kier molecular flexibility index (Phi) is 4.30. The summed E-state index contributed by atoms with van der Waals surface area (Å²) in [7, 11) is 0. The fraction of sp³-hybridized carbons (Fsp3) is 0.0714. The van der Waals surface area contributed by atoms with Gasteiger partial charge in [0.15, 0.2) is 0 Å². The summed E-state index contributed by atoms with van der Waals surface area (Å²) < 4.78 is 0. The van der Waals surface area contributed by atoms with Crippen LogP contribution >= 0.6 is 23.2 Å². The molecule has 1 atom stereocenters. The molecule has 2 N–H and O–H groups in total. The number of alkyl halides is 1. The van der Waals surface area contributed by atoms with Crippen molar-refractivity contribution in [2.24, 2.45) is 0 Å². The molecule has 2 rings (SSSR count). The Balaban J connectivity index is 2.13. The number of hydrogen-bond acceptors (Lipinski definition) is 2. The SMILES string of the molecule is O=C(Nc1ccc(Cl)cc1O)C(Cl)c1ccccc1. The van der Waals surface area contributed by atoms with Gasteiger partial charge >= 0.3 is 0 Å². The van der Waals surface area contributed by atoms with Crippen LogP contribution in [-0.4, -0.2) is 11.0 Å². The van der Waals surface area contributed by atoms with E-state index >= 15 is 0 Å². The van der Waals surface area contributed by atoms with Crippen LogP contribution < -0.4 is 5.32 Å². The number of anilines is 1. The highest BCUT2D eigenvalue weighted by molar-refractivity contribution is 6.33. The molecule has 0 saturated heterocycles. The first-order chi connectivity index (χ1) is 9.08. The van der Waals surface area contributed by atoms with Crippen molar-refractivity contribution in [3.8, 4) is 5.75 Å². The number of phenols is 1. The fourth-order valence-corrected chi connectivity index (χ4v) is 1.95. The van der Waals surface area contributed by atoms with E-state index in [1.165, 1.54) is 12.1 Å². The quantitative estimate of drug-likeness (QED) is 0.665. The van der Waals surface area contributed by atoms with Crippen molar-refractivity contribution in [1.82, 2.24) is 0 Å². The van der Waals surface area contributed by atoms with Crippen LogP contribution in [0.15, 0.2) is 48.5 Å². The highest BCUT2D eigenvalue weighted by Gasteiger charge is 2.18. The van der Waals surface area contributed by atoms with Gasteiger partial charge in [0.1, 0.15) is 11.1 Å². The third-order valence-corrected chi connectivity index (χ3v) is 3.23. The van der Waals surface area contributed by atoms with E-state index in [1.54, 1.807) is 30.3 Å². The van der Waals surface area contributed by atoms with E-state index in [-0.39, 0.29) is 11.4 Å². The lowest BCUT2D eigenvalue weighted by Crippen LogP contribution is -2.17. The van der Waals surface area contributed by atoms with Gasteiger partial charge in [-0.15, -0.1) is 11.6 Å². The average Bonchev–Trinajstić information content (AvgIpc) is 2.42. The second-order valence-electron chi connectivity index (χ2n) is 3.92. The summed E-state index contributed by atoms with van der Waals surface area (Å²) in [4.78, 5) is 12.0. The topological polar surface area (TPSA) is 49.3 Å². The highest BCUT2D eigenvalue weighted by Crippen LogP contribution is 2.29. The Labute approximate surface area is 120 Å². The highest BCUT2D eigenvalue weighted by atomic mass is 35.5. The summed E-state index contributed by atoms with van der Waals surface area (Å²) in [5.41, 5.74) is 0.964. The molecule has 0 saturated carbocycles. The molecule has 0 aliphatic carbocycles. The molecule has 0 radical (unpaired) electrons. The first-order valence-electron chi connectivity index (χ1n) is 5.56. The molecule has 2 aromatic carbocycles. The third-order valence-electron chi connectivity index (χ3n) is 2.54. The van der Waals surface area contributed by atoms with E-state index in [0.717, 1.165) is 0 Å². The third kappa shape index (κ3) is 3.40. The van der Waals surface area contributed by atoms with E-state index < -0.39 is 11.3 Å². The molecule has 1 amide bonds. The van der Waals surface area contributed by atoms with Gasteiger partial charge < -0.3 is 10.4 Å². The summed E-state index contributed by atoms with van der Waals surface area (Å²) in [6, 6.07) is 13.4. The van der Waals surface area contributed by atoms with Gasteiger partial charge in [-0.05, 0) is 17.7 Å². The van der Waals surface area contributed by atoms with Crippen molar-refractivity contribution >= 4 is 34.8 Å². The minimum absolute atomic E-state index is 0.0993. The number of benzene rings is 2. The van der Waals surface area contributed by atoms with Gasteiger partial charge in [-0.1, -0.05) is 41.9 Å². The van der Waals surface area contributed by atoms with Crippen LogP contribution in [0, 0.1) is 0 Å². The van der Waals surface area contributed by atoms with Crippen LogP contribution in [0.5, 0.6) is 5.75 Å². The van der Waals surface area contributed by atoms with Crippen LogP contribution in [0.3, 0.4) is 0 Å². The summed E-state index contributed by atoms with van der Waals surface area (Å²) >= 11 is 11.8. The second-order valence-corrected chi connectivity index (χ2v) is 4.80. The molecule has 3 nitrogen and oxygen atoms in total. The number of phenolic OH excluding ortho intramolecular Hbond substituents is 1. The number of amides is 1. The van der Waals surface area contributed by atoms with Crippen LogP contribution in [0.25, 0.3) is 0 Å². The van der Waals surface area contributed by atoms with Crippen LogP contribution in [0.2, 0.25) is 5.02 Å². The molecular weight excluding hydrogens is 285 g/mol. The van der Waals surface area contributed by atoms with Crippen LogP contribution in [0.1, 0.15) is 10.9 Å². The van der Waals surface area contributed by atoms with Gasteiger partial charge in [0.25, 0.3) is 0 Å². The fourth-order valence-electron chi connectivity index (χ4n) is 1.58. The molecule has 5 heteroatoms. The van der Waals surface area contributed by atoms with Crippen molar-refractivity contribution in [3.05, 3.63) is 59.1 Å². The molecule has 0 spiro atoms. The molecule has 0 bridgehead atoms. The summed E-state index contributed by atoms with van der Waals surface area (Å²) in [6.45, 7) is 0. The first-order valence-corrected chi connectivity index (χ1v) is 6.38. The maximum absolute atomic E-state index is 12.0. The van der Waals surface area contributed by atoms with Gasteiger partial charge in [0, 0.05) is 11.1 Å². The summed E-state index contributed by atoms with van der Waals surface area (Å²) in [5, 5.41) is 11.8. The largest absolute Gasteiger partial charge is 0.506 e. The maximum Gasteiger partial charge on any atom is 0.247 e. The average molecular weight is 296 g/mol. The Morgan fingerprint density at radius 1 is 1.16 bits per heavy atom. The normalized spacial score (nSPS) is 11.9. The van der Waals surface area contributed by atoms with E-state index in [2.05, 4.69) is 5.32 Å². The van der Waals surface area contributed by atoms with Crippen molar-refractivity contribution in [2.45, 2.75) is 5.38 Å². The minimum Gasteiger partial charge on any atom is -0.506 e. The number of carbonyl (C=O) groups excluding carboxylic acids is 1. The van der Waals surface area contributed by atoms with Crippen molar-refractivity contribution in [1.29, 1.82) is 0 Å². The van der Waals surface area contributed by atoms with E-state index in [0.29, 0.717) is 10.6 Å². The molecule has 19 heavy (non-hydrogen) atoms. The van der Waals surface area contributed by atoms with Crippen LogP contribution in [0.4, 0.5) is 5.69 Å². The number of carbonyl (C=O) groups is 1. The summed E-state index contributed by atoms with van der Waals surface area (Å²) in [5.74, 6) is -0.511.